The summed E-state index contributed by atoms with van der Waals surface area (Å²) >= 11 is 0. The van der Waals surface area contributed by atoms with Crippen LogP contribution in [0.2, 0.25) is 0 Å². The SMILES string of the molecule is C=C(NCCN1CCCC1)c1cccc(-c2ccc(/C=C3/C(=O)Nc4ccc(N)cc43)o2)c1. The van der Waals surface area contributed by atoms with Gasteiger partial charge in [0.15, 0.2) is 0 Å². The van der Waals surface area contributed by atoms with Gasteiger partial charge in [-0.2, -0.15) is 0 Å². The fraction of sp³-hybridized carbons (Fsp3) is 0.222. The lowest BCUT2D eigenvalue weighted by Gasteiger charge is -2.16. The van der Waals surface area contributed by atoms with E-state index in [4.69, 9.17) is 10.2 Å². The number of nitrogens with two attached hydrogens (primary N) is 1. The summed E-state index contributed by atoms with van der Waals surface area (Å²) in [6, 6.07) is 17.3. The van der Waals surface area contributed by atoms with E-state index >= 15 is 0 Å². The Bertz CT molecular complexity index is 1230. The van der Waals surface area contributed by atoms with E-state index in [9.17, 15) is 4.79 Å². The Morgan fingerprint density at radius 2 is 2.00 bits per heavy atom. The number of nitrogens with one attached hydrogen (secondary N) is 2. The van der Waals surface area contributed by atoms with Crippen LogP contribution in [0, 0.1) is 0 Å². The predicted octanol–water partition coefficient (Wildman–Crippen LogP) is 4.68. The smallest absolute Gasteiger partial charge is 0.256 e. The van der Waals surface area contributed by atoms with Crippen molar-refractivity contribution in [2.24, 2.45) is 0 Å². The number of furan rings is 1. The molecule has 0 radical (unpaired) electrons. The molecule has 168 valence electrons. The molecule has 1 saturated heterocycles. The molecule has 3 aromatic rings. The summed E-state index contributed by atoms with van der Waals surface area (Å²) in [7, 11) is 0. The maximum Gasteiger partial charge on any atom is 0.256 e. The average molecular weight is 441 g/mol. The van der Waals surface area contributed by atoms with Crippen LogP contribution < -0.4 is 16.4 Å². The van der Waals surface area contributed by atoms with E-state index in [0.29, 0.717) is 17.0 Å². The minimum atomic E-state index is -0.160. The van der Waals surface area contributed by atoms with E-state index in [1.807, 2.05) is 36.4 Å². The third-order valence-corrected chi connectivity index (χ3v) is 6.20. The number of amides is 1. The van der Waals surface area contributed by atoms with Gasteiger partial charge < -0.3 is 25.7 Å². The normalized spacial score (nSPS) is 16.7. The van der Waals surface area contributed by atoms with Gasteiger partial charge >= 0.3 is 0 Å². The van der Waals surface area contributed by atoms with Gasteiger partial charge in [0.25, 0.3) is 5.91 Å². The van der Waals surface area contributed by atoms with Gasteiger partial charge in [-0.1, -0.05) is 24.8 Å². The molecule has 6 heteroatoms. The lowest BCUT2D eigenvalue weighted by Crippen LogP contribution is -2.29. The van der Waals surface area contributed by atoms with E-state index in [1.54, 1.807) is 18.2 Å². The number of nitrogens with zero attached hydrogens (tertiary/aromatic N) is 1. The highest BCUT2D eigenvalue weighted by Crippen LogP contribution is 2.35. The molecule has 1 amide bonds. The molecule has 1 fully saturated rings. The number of hydrogen-bond donors (Lipinski definition) is 3. The fourth-order valence-corrected chi connectivity index (χ4v) is 4.41. The molecule has 2 aromatic carbocycles. The first kappa shape index (κ1) is 21.1. The summed E-state index contributed by atoms with van der Waals surface area (Å²) in [5, 5.41) is 6.31. The highest BCUT2D eigenvalue weighted by atomic mass is 16.3. The maximum atomic E-state index is 12.4. The highest BCUT2D eigenvalue weighted by Gasteiger charge is 2.24. The van der Waals surface area contributed by atoms with Crippen molar-refractivity contribution >= 4 is 34.6 Å². The van der Waals surface area contributed by atoms with Crippen LogP contribution >= 0.6 is 0 Å². The molecule has 0 atom stereocenters. The van der Waals surface area contributed by atoms with Gasteiger partial charge in [0, 0.05) is 41.3 Å². The molecule has 33 heavy (non-hydrogen) atoms. The monoisotopic (exact) mass is 440 g/mol. The van der Waals surface area contributed by atoms with Crippen molar-refractivity contribution in [3.63, 3.8) is 0 Å². The van der Waals surface area contributed by atoms with Crippen LogP contribution in [-0.2, 0) is 4.79 Å². The van der Waals surface area contributed by atoms with Crippen LogP contribution in [0.3, 0.4) is 0 Å². The number of anilines is 2. The molecule has 3 heterocycles. The first-order valence-electron chi connectivity index (χ1n) is 11.4. The Morgan fingerprint density at radius 3 is 2.85 bits per heavy atom. The van der Waals surface area contributed by atoms with Crippen molar-refractivity contribution in [3.05, 3.63) is 78.1 Å². The van der Waals surface area contributed by atoms with Crippen LogP contribution in [0.15, 0.2) is 65.6 Å². The topological polar surface area (TPSA) is 83.5 Å². The molecule has 4 N–H and O–H groups in total. The zero-order valence-electron chi connectivity index (χ0n) is 18.6. The van der Waals surface area contributed by atoms with Gasteiger partial charge in [0.1, 0.15) is 11.5 Å². The predicted molar refractivity (Wildman–Crippen MR) is 134 cm³/mol. The summed E-state index contributed by atoms with van der Waals surface area (Å²) in [6.07, 6.45) is 4.36. The third-order valence-electron chi connectivity index (χ3n) is 6.20. The van der Waals surface area contributed by atoms with Gasteiger partial charge in [-0.3, -0.25) is 4.79 Å². The van der Waals surface area contributed by atoms with Gasteiger partial charge in [-0.05, 0) is 74.0 Å². The molecule has 5 rings (SSSR count). The van der Waals surface area contributed by atoms with Gasteiger partial charge in [-0.25, -0.2) is 0 Å². The van der Waals surface area contributed by atoms with Crippen molar-refractivity contribution in [2.75, 3.05) is 37.2 Å². The number of benzene rings is 2. The van der Waals surface area contributed by atoms with E-state index in [-0.39, 0.29) is 5.91 Å². The van der Waals surface area contributed by atoms with E-state index in [0.717, 1.165) is 46.9 Å². The molecule has 0 unspecified atom stereocenters. The van der Waals surface area contributed by atoms with Crippen molar-refractivity contribution in [3.8, 4) is 11.3 Å². The zero-order chi connectivity index (χ0) is 22.8. The summed E-state index contributed by atoms with van der Waals surface area (Å²) in [5.74, 6) is 1.19. The van der Waals surface area contributed by atoms with Gasteiger partial charge in [-0.15, -0.1) is 0 Å². The molecule has 0 spiro atoms. The minimum Gasteiger partial charge on any atom is -0.457 e. The quantitative estimate of drug-likeness (QED) is 0.367. The molecule has 0 saturated carbocycles. The number of carbonyl (C=O) groups is 1. The van der Waals surface area contributed by atoms with E-state index in [1.165, 1.54) is 25.9 Å². The summed E-state index contributed by atoms with van der Waals surface area (Å²) < 4.78 is 6.06. The number of hydrogen-bond acceptors (Lipinski definition) is 5. The van der Waals surface area contributed by atoms with Crippen molar-refractivity contribution in [2.45, 2.75) is 12.8 Å². The second-order valence-corrected chi connectivity index (χ2v) is 8.55. The highest BCUT2D eigenvalue weighted by molar-refractivity contribution is 6.35. The Balaban J connectivity index is 1.30. The molecule has 1 aromatic heterocycles. The van der Waals surface area contributed by atoms with Crippen LogP contribution in [0.5, 0.6) is 0 Å². The molecule has 2 aliphatic rings. The van der Waals surface area contributed by atoms with Crippen LogP contribution in [0.25, 0.3) is 28.7 Å². The summed E-state index contributed by atoms with van der Waals surface area (Å²) in [5.41, 5.74) is 11.5. The van der Waals surface area contributed by atoms with Crippen LogP contribution in [0.4, 0.5) is 11.4 Å². The Labute approximate surface area is 193 Å². The van der Waals surface area contributed by atoms with Gasteiger partial charge in [0.2, 0.25) is 0 Å². The largest absolute Gasteiger partial charge is 0.457 e. The number of nitrogen functional groups attached to an aromatic ring is 1. The average Bonchev–Trinajstić information content (AvgIpc) is 3.56. The zero-order valence-corrected chi connectivity index (χ0v) is 18.6. The second-order valence-electron chi connectivity index (χ2n) is 8.55. The molecular formula is C27H28N4O2. The lowest BCUT2D eigenvalue weighted by molar-refractivity contribution is -0.110. The van der Waals surface area contributed by atoms with E-state index < -0.39 is 0 Å². The summed E-state index contributed by atoms with van der Waals surface area (Å²) in [6.45, 7) is 8.52. The Morgan fingerprint density at radius 1 is 1.15 bits per heavy atom. The molecule has 6 nitrogen and oxygen atoms in total. The molecule has 2 aliphatic heterocycles. The van der Waals surface area contributed by atoms with Crippen molar-refractivity contribution in [1.82, 2.24) is 10.2 Å². The molecular weight excluding hydrogens is 412 g/mol. The second kappa shape index (κ2) is 9.00. The Kier molecular flexibility index (Phi) is 5.75. The van der Waals surface area contributed by atoms with Crippen LogP contribution in [0.1, 0.15) is 29.7 Å². The minimum absolute atomic E-state index is 0.160. The standard InChI is InChI=1S/C27H28N4O2/c1-18(29-11-14-31-12-2-3-13-31)19-5-4-6-20(15-19)26-10-8-22(33-26)17-24-23-16-21(28)7-9-25(23)30-27(24)32/h4-10,15-17,29H,1-3,11-14,28H2,(H,30,32)/b24-17+. The number of fused-ring (bicyclic) bond motifs is 1. The maximum absolute atomic E-state index is 12.4. The summed E-state index contributed by atoms with van der Waals surface area (Å²) in [4.78, 5) is 14.9. The lowest BCUT2D eigenvalue weighted by atomic mass is 10.1. The fourth-order valence-electron chi connectivity index (χ4n) is 4.41. The van der Waals surface area contributed by atoms with Crippen molar-refractivity contribution in [1.29, 1.82) is 0 Å². The van der Waals surface area contributed by atoms with Crippen molar-refractivity contribution < 1.29 is 9.21 Å². The van der Waals surface area contributed by atoms with Gasteiger partial charge in [0.05, 0.1) is 5.57 Å². The number of likely N-dealkylation sites (tertiary alicyclic amines) is 1. The Hall–Kier alpha value is -3.77. The third kappa shape index (κ3) is 4.56. The molecule has 0 bridgehead atoms. The number of carbonyl (C=O) groups excluding carboxylic acids is 1. The first-order chi connectivity index (χ1) is 16.1. The first-order valence-corrected chi connectivity index (χ1v) is 11.4. The molecule has 0 aliphatic carbocycles. The van der Waals surface area contributed by atoms with Crippen LogP contribution in [-0.4, -0.2) is 37.0 Å². The number of rotatable bonds is 7. The van der Waals surface area contributed by atoms with E-state index in [2.05, 4.69) is 28.2 Å².